The quantitative estimate of drug-likeness (QED) is 0.770. The van der Waals surface area contributed by atoms with E-state index in [0.29, 0.717) is 6.04 Å². The molecule has 98 valence electrons. The number of carbonyl (C=O) groups is 1. The Balaban J connectivity index is 1.94. The second-order valence-electron chi connectivity index (χ2n) is 5.71. The zero-order valence-electron chi connectivity index (χ0n) is 11.1. The number of rotatable bonds is 2. The van der Waals surface area contributed by atoms with Crippen LogP contribution in [0.15, 0.2) is 0 Å². The highest BCUT2D eigenvalue weighted by Gasteiger charge is 2.35. The molecule has 1 aliphatic heterocycles. The molecular weight excluding hydrogens is 214 g/mol. The molecule has 3 unspecified atom stereocenters. The minimum Gasteiger partial charge on any atom is -0.341 e. The van der Waals surface area contributed by atoms with Crippen molar-refractivity contribution in [2.24, 2.45) is 11.7 Å². The fourth-order valence-corrected chi connectivity index (χ4v) is 3.19. The number of likely N-dealkylation sites (N-methyl/N-ethyl adjacent to an activating group) is 2. The lowest BCUT2D eigenvalue weighted by Crippen LogP contribution is -2.50. The summed E-state index contributed by atoms with van der Waals surface area (Å²) in [6.07, 6.45) is 5.42. The Labute approximate surface area is 104 Å². The molecule has 1 saturated carbocycles. The van der Waals surface area contributed by atoms with E-state index >= 15 is 0 Å². The molecule has 1 heterocycles. The molecule has 0 spiro atoms. The van der Waals surface area contributed by atoms with Gasteiger partial charge >= 0.3 is 0 Å². The van der Waals surface area contributed by atoms with E-state index in [1.807, 2.05) is 11.9 Å². The molecule has 0 radical (unpaired) electrons. The molecule has 1 saturated heterocycles. The van der Waals surface area contributed by atoms with Gasteiger partial charge in [0.15, 0.2) is 0 Å². The van der Waals surface area contributed by atoms with Gasteiger partial charge in [0.25, 0.3) is 0 Å². The van der Waals surface area contributed by atoms with Crippen LogP contribution >= 0.6 is 0 Å². The summed E-state index contributed by atoms with van der Waals surface area (Å²) in [5.74, 6) is 0.350. The lowest BCUT2D eigenvalue weighted by molar-refractivity contribution is -0.137. The van der Waals surface area contributed by atoms with E-state index < -0.39 is 0 Å². The van der Waals surface area contributed by atoms with Gasteiger partial charge in [-0.25, -0.2) is 0 Å². The van der Waals surface area contributed by atoms with Crippen LogP contribution in [0, 0.1) is 5.92 Å². The third kappa shape index (κ3) is 2.80. The summed E-state index contributed by atoms with van der Waals surface area (Å²) in [7, 11) is 4.09. The monoisotopic (exact) mass is 239 g/mol. The maximum atomic E-state index is 12.4. The maximum absolute atomic E-state index is 12.4. The summed E-state index contributed by atoms with van der Waals surface area (Å²) < 4.78 is 0. The molecule has 2 rings (SSSR count). The number of amides is 1. The van der Waals surface area contributed by atoms with Crippen molar-refractivity contribution in [1.29, 1.82) is 0 Å². The van der Waals surface area contributed by atoms with Crippen molar-refractivity contribution in [3.8, 4) is 0 Å². The standard InChI is InChI=1S/C13H25N3O/c1-15-8-4-5-10(9-15)16(2)13(17)11-6-3-7-12(11)14/h10-12H,3-9,14H2,1-2H3. The smallest absolute Gasteiger partial charge is 0.227 e. The van der Waals surface area contributed by atoms with Crippen LogP contribution in [-0.2, 0) is 4.79 Å². The van der Waals surface area contributed by atoms with Crippen LogP contribution in [0.5, 0.6) is 0 Å². The SMILES string of the molecule is CN1CCCC(N(C)C(=O)C2CCCC2N)C1. The topological polar surface area (TPSA) is 49.6 Å². The van der Waals surface area contributed by atoms with Gasteiger partial charge in [0.2, 0.25) is 5.91 Å². The number of carbonyl (C=O) groups excluding carboxylic acids is 1. The van der Waals surface area contributed by atoms with Gasteiger partial charge in [-0.1, -0.05) is 6.42 Å². The maximum Gasteiger partial charge on any atom is 0.227 e. The first-order chi connectivity index (χ1) is 8.09. The molecular formula is C13H25N3O. The van der Waals surface area contributed by atoms with Crippen LogP contribution in [-0.4, -0.2) is 55.0 Å². The number of nitrogens with two attached hydrogens (primary N) is 1. The van der Waals surface area contributed by atoms with Gasteiger partial charge in [-0.05, 0) is 39.3 Å². The molecule has 1 amide bonds. The average Bonchev–Trinajstić information content (AvgIpc) is 2.73. The second kappa shape index (κ2) is 5.36. The molecule has 0 aromatic rings. The predicted molar refractivity (Wildman–Crippen MR) is 68.6 cm³/mol. The number of hydrogen-bond donors (Lipinski definition) is 1. The average molecular weight is 239 g/mol. The summed E-state index contributed by atoms with van der Waals surface area (Å²) in [5, 5.41) is 0. The van der Waals surface area contributed by atoms with Crippen molar-refractivity contribution >= 4 is 5.91 Å². The Bertz CT molecular complexity index is 282. The molecule has 3 atom stereocenters. The van der Waals surface area contributed by atoms with Crippen molar-refractivity contribution in [3.63, 3.8) is 0 Å². The van der Waals surface area contributed by atoms with Crippen LogP contribution in [0.25, 0.3) is 0 Å². The van der Waals surface area contributed by atoms with Crippen molar-refractivity contribution < 1.29 is 4.79 Å². The Morgan fingerprint density at radius 3 is 2.65 bits per heavy atom. The van der Waals surface area contributed by atoms with Crippen LogP contribution < -0.4 is 5.73 Å². The lowest BCUT2D eigenvalue weighted by Gasteiger charge is -2.37. The minimum atomic E-state index is 0.0761. The first-order valence-electron chi connectivity index (χ1n) is 6.80. The third-order valence-electron chi connectivity index (χ3n) is 4.38. The fraction of sp³-hybridized carbons (Fsp3) is 0.923. The van der Waals surface area contributed by atoms with E-state index in [1.165, 1.54) is 6.42 Å². The summed E-state index contributed by atoms with van der Waals surface area (Å²) >= 11 is 0. The van der Waals surface area contributed by atoms with Crippen LogP contribution in [0.2, 0.25) is 0 Å². The van der Waals surface area contributed by atoms with Crippen molar-refractivity contribution in [2.45, 2.75) is 44.2 Å². The molecule has 0 aromatic carbocycles. The molecule has 2 N–H and O–H groups in total. The van der Waals surface area contributed by atoms with Gasteiger partial charge in [0.05, 0.1) is 5.92 Å². The number of hydrogen-bond acceptors (Lipinski definition) is 3. The van der Waals surface area contributed by atoms with Gasteiger partial charge in [0, 0.05) is 25.7 Å². The van der Waals surface area contributed by atoms with E-state index in [-0.39, 0.29) is 17.9 Å². The first kappa shape index (κ1) is 12.8. The molecule has 2 aliphatic rings. The van der Waals surface area contributed by atoms with Crippen molar-refractivity contribution in [2.75, 3.05) is 27.2 Å². The summed E-state index contributed by atoms with van der Waals surface area (Å²) in [4.78, 5) is 16.7. The molecule has 1 aliphatic carbocycles. The van der Waals surface area contributed by atoms with Gasteiger partial charge in [0.1, 0.15) is 0 Å². The van der Waals surface area contributed by atoms with Gasteiger partial charge in [-0.15, -0.1) is 0 Å². The Morgan fingerprint density at radius 2 is 2.06 bits per heavy atom. The van der Waals surface area contributed by atoms with E-state index in [9.17, 15) is 4.79 Å². The predicted octanol–water partition coefficient (Wildman–Crippen LogP) is 0.666. The van der Waals surface area contributed by atoms with Crippen LogP contribution in [0.1, 0.15) is 32.1 Å². The molecule has 0 bridgehead atoms. The highest BCUT2D eigenvalue weighted by atomic mass is 16.2. The third-order valence-corrected chi connectivity index (χ3v) is 4.38. The number of likely N-dealkylation sites (tertiary alicyclic amines) is 1. The summed E-state index contributed by atoms with van der Waals surface area (Å²) in [6, 6.07) is 0.473. The molecule has 4 heteroatoms. The first-order valence-corrected chi connectivity index (χ1v) is 6.80. The molecule has 0 aromatic heterocycles. The zero-order chi connectivity index (χ0) is 12.4. The van der Waals surface area contributed by atoms with E-state index in [2.05, 4.69) is 11.9 Å². The summed E-state index contributed by atoms with van der Waals surface area (Å²) in [6.45, 7) is 2.16. The van der Waals surface area contributed by atoms with Gasteiger partial charge < -0.3 is 15.5 Å². The van der Waals surface area contributed by atoms with Gasteiger partial charge in [-0.3, -0.25) is 4.79 Å². The minimum absolute atomic E-state index is 0.0761. The van der Waals surface area contributed by atoms with Crippen molar-refractivity contribution in [3.05, 3.63) is 0 Å². The van der Waals surface area contributed by atoms with E-state index in [1.54, 1.807) is 0 Å². The Kier molecular flexibility index (Phi) is 4.05. The van der Waals surface area contributed by atoms with Crippen molar-refractivity contribution in [1.82, 2.24) is 9.80 Å². The number of nitrogens with zero attached hydrogens (tertiary/aromatic N) is 2. The highest BCUT2D eigenvalue weighted by Crippen LogP contribution is 2.27. The second-order valence-corrected chi connectivity index (χ2v) is 5.71. The van der Waals surface area contributed by atoms with Crippen LogP contribution in [0.3, 0.4) is 0 Å². The molecule has 2 fully saturated rings. The zero-order valence-corrected chi connectivity index (χ0v) is 11.1. The largest absolute Gasteiger partial charge is 0.341 e. The van der Waals surface area contributed by atoms with E-state index in [4.69, 9.17) is 5.73 Å². The molecule has 4 nitrogen and oxygen atoms in total. The highest BCUT2D eigenvalue weighted by molar-refractivity contribution is 5.80. The van der Waals surface area contributed by atoms with Crippen LogP contribution in [0.4, 0.5) is 0 Å². The molecule has 17 heavy (non-hydrogen) atoms. The summed E-state index contributed by atoms with van der Waals surface area (Å²) in [5.41, 5.74) is 6.02. The Morgan fingerprint density at radius 1 is 1.29 bits per heavy atom. The normalized spacial score (nSPS) is 34.9. The lowest BCUT2D eigenvalue weighted by atomic mass is 9.99. The Hall–Kier alpha value is -0.610. The van der Waals surface area contributed by atoms with Gasteiger partial charge in [-0.2, -0.15) is 0 Å². The van der Waals surface area contributed by atoms with E-state index in [0.717, 1.165) is 38.8 Å². The number of piperidine rings is 1. The fourth-order valence-electron chi connectivity index (χ4n) is 3.19.